The average molecular weight is 234 g/mol. The Morgan fingerprint density at radius 1 is 1.00 bits per heavy atom. The van der Waals surface area contributed by atoms with Crippen molar-refractivity contribution in [3.63, 3.8) is 0 Å². The molecule has 0 aromatic rings. The largest absolute Gasteiger partial charge is 0.394 e. The maximum absolute atomic E-state index is 8.69. The van der Waals surface area contributed by atoms with Crippen molar-refractivity contribution in [1.82, 2.24) is 0 Å². The van der Waals surface area contributed by atoms with Crippen LogP contribution in [0.3, 0.4) is 0 Å². The van der Waals surface area contributed by atoms with Gasteiger partial charge in [-0.05, 0) is 6.42 Å². The number of ether oxygens (including phenoxy) is 2. The molecule has 0 aromatic heterocycles. The van der Waals surface area contributed by atoms with Crippen molar-refractivity contribution in [3.05, 3.63) is 0 Å². The molecular weight excluding hydrogens is 208 g/mol. The Hall–Kier alpha value is -0.160. The van der Waals surface area contributed by atoms with Crippen LogP contribution < -0.4 is 0 Å². The van der Waals surface area contributed by atoms with Gasteiger partial charge in [0, 0.05) is 0 Å². The third-order valence-corrected chi connectivity index (χ3v) is 2.36. The summed E-state index contributed by atoms with van der Waals surface area (Å²) in [7, 11) is 0. The fourth-order valence-electron chi connectivity index (χ4n) is 1.51. The van der Waals surface area contributed by atoms with E-state index in [0.717, 1.165) is 12.8 Å². The maximum Gasteiger partial charge on any atom is 0.0809 e. The van der Waals surface area contributed by atoms with Gasteiger partial charge < -0.3 is 19.7 Å². The predicted octanol–water partition coefficient (Wildman–Crippen LogP) is 1.34. The first kappa shape index (κ1) is 15.8. The molecule has 0 aromatic carbocycles. The second-order valence-electron chi connectivity index (χ2n) is 3.86. The van der Waals surface area contributed by atoms with Crippen molar-refractivity contribution in [3.8, 4) is 0 Å². The minimum absolute atomic E-state index is 0.0442. The van der Waals surface area contributed by atoms with E-state index in [2.05, 4.69) is 6.92 Å². The molecule has 0 amide bonds. The highest BCUT2D eigenvalue weighted by atomic mass is 16.5. The molecule has 0 aliphatic rings. The number of unbranched alkanes of at least 4 members (excludes halogenated alkanes) is 3. The van der Waals surface area contributed by atoms with E-state index in [1.165, 1.54) is 19.3 Å². The Morgan fingerprint density at radius 3 is 2.38 bits per heavy atom. The molecule has 0 aliphatic heterocycles. The highest BCUT2D eigenvalue weighted by molar-refractivity contribution is 4.58. The smallest absolute Gasteiger partial charge is 0.0809 e. The van der Waals surface area contributed by atoms with E-state index in [1.807, 2.05) is 0 Å². The zero-order valence-electron chi connectivity index (χ0n) is 10.4. The number of aliphatic hydroxyl groups is 2. The third kappa shape index (κ3) is 10.4. The Balaban J connectivity index is 3.54. The third-order valence-electron chi connectivity index (χ3n) is 2.36. The first-order valence-electron chi connectivity index (χ1n) is 6.26. The summed E-state index contributed by atoms with van der Waals surface area (Å²) in [4.78, 5) is 0. The first-order valence-corrected chi connectivity index (χ1v) is 6.26. The molecule has 0 aliphatic carbocycles. The second kappa shape index (κ2) is 12.9. The Labute approximate surface area is 98.6 Å². The maximum atomic E-state index is 8.69. The van der Waals surface area contributed by atoms with Crippen molar-refractivity contribution in [1.29, 1.82) is 0 Å². The van der Waals surface area contributed by atoms with Crippen LogP contribution in [0.25, 0.3) is 0 Å². The molecule has 0 radical (unpaired) electrons. The van der Waals surface area contributed by atoms with Crippen molar-refractivity contribution in [2.75, 3.05) is 33.0 Å². The van der Waals surface area contributed by atoms with Gasteiger partial charge in [-0.3, -0.25) is 0 Å². The molecule has 0 saturated heterocycles. The Bertz CT molecular complexity index is 130. The number of hydrogen-bond acceptors (Lipinski definition) is 4. The van der Waals surface area contributed by atoms with E-state index in [4.69, 9.17) is 19.7 Å². The summed E-state index contributed by atoms with van der Waals surface area (Å²) < 4.78 is 10.7. The fraction of sp³-hybridized carbons (Fsp3) is 1.00. The van der Waals surface area contributed by atoms with Gasteiger partial charge in [0.25, 0.3) is 0 Å². The molecule has 2 N–H and O–H groups in total. The van der Waals surface area contributed by atoms with Crippen LogP contribution in [0.1, 0.15) is 39.0 Å². The van der Waals surface area contributed by atoms with Crippen LogP contribution in [-0.4, -0.2) is 49.4 Å². The molecule has 4 nitrogen and oxygen atoms in total. The summed E-state index contributed by atoms with van der Waals surface area (Å²) in [6.45, 7) is 3.50. The van der Waals surface area contributed by atoms with Crippen molar-refractivity contribution >= 4 is 0 Å². The van der Waals surface area contributed by atoms with Crippen LogP contribution in [0.2, 0.25) is 0 Å². The summed E-state index contributed by atoms with van der Waals surface area (Å²) >= 11 is 0. The summed E-state index contributed by atoms with van der Waals surface area (Å²) in [5.74, 6) is 0. The van der Waals surface area contributed by atoms with Gasteiger partial charge in [-0.2, -0.15) is 0 Å². The minimum Gasteiger partial charge on any atom is -0.394 e. The molecule has 0 heterocycles. The van der Waals surface area contributed by atoms with E-state index < -0.39 is 0 Å². The zero-order valence-corrected chi connectivity index (χ0v) is 10.4. The van der Waals surface area contributed by atoms with Gasteiger partial charge in [0.05, 0.1) is 39.1 Å². The van der Waals surface area contributed by atoms with Crippen LogP contribution in [-0.2, 0) is 9.47 Å². The van der Waals surface area contributed by atoms with Crippen molar-refractivity contribution in [2.45, 2.75) is 45.1 Å². The molecule has 0 fully saturated rings. The molecule has 0 rings (SSSR count). The lowest BCUT2D eigenvalue weighted by atomic mass is 10.1. The van der Waals surface area contributed by atoms with E-state index in [0.29, 0.717) is 19.8 Å². The standard InChI is InChI=1S/C12H26O4/c1-2-3-4-5-6-12(16-10-8-14)11-15-9-7-13/h12-14H,2-11H2,1H3. The topological polar surface area (TPSA) is 58.9 Å². The monoisotopic (exact) mass is 234 g/mol. The summed E-state index contributed by atoms with van der Waals surface area (Å²) in [6, 6.07) is 0. The molecule has 4 heteroatoms. The second-order valence-corrected chi connectivity index (χ2v) is 3.86. The molecule has 0 saturated carbocycles. The van der Waals surface area contributed by atoms with Gasteiger partial charge in [0.15, 0.2) is 0 Å². The molecule has 98 valence electrons. The van der Waals surface area contributed by atoms with Gasteiger partial charge >= 0.3 is 0 Å². The quantitative estimate of drug-likeness (QED) is 0.500. The zero-order chi connectivity index (χ0) is 12.1. The number of aliphatic hydroxyl groups excluding tert-OH is 2. The van der Waals surface area contributed by atoms with Crippen molar-refractivity contribution < 1.29 is 19.7 Å². The molecule has 0 spiro atoms. The Morgan fingerprint density at radius 2 is 1.75 bits per heavy atom. The van der Waals surface area contributed by atoms with Crippen LogP contribution in [0.15, 0.2) is 0 Å². The Kier molecular flexibility index (Phi) is 12.8. The van der Waals surface area contributed by atoms with Crippen LogP contribution in [0, 0.1) is 0 Å². The number of hydrogen-bond donors (Lipinski definition) is 2. The summed E-state index contributed by atoms with van der Waals surface area (Å²) in [5.41, 5.74) is 0. The summed E-state index contributed by atoms with van der Waals surface area (Å²) in [5, 5.41) is 17.3. The minimum atomic E-state index is 0.0442. The molecule has 1 unspecified atom stereocenters. The SMILES string of the molecule is CCCCCCC(COCCO)OCCO. The molecule has 0 bridgehead atoms. The molecule has 1 atom stereocenters. The van der Waals surface area contributed by atoms with Crippen molar-refractivity contribution in [2.24, 2.45) is 0 Å². The fourth-order valence-corrected chi connectivity index (χ4v) is 1.51. The van der Waals surface area contributed by atoms with Gasteiger partial charge in [-0.25, -0.2) is 0 Å². The van der Waals surface area contributed by atoms with Gasteiger partial charge in [0.1, 0.15) is 0 Å². The van der Waals surface area contributed by atoms with Gasteiger partial charge in [-0.1, -0.05) is 32.6 Å². The highest BCUT2D eigenvalue weighted by Gasteiger charge is 2.08. The van der Waals surface area contributed by atoms with Gasteiger partial charge in [0.2, 0.25) is 0 Å². The normalized spacial score (nSPS) is 12.9. The number of rotatable bonds is 12. The molecule has 16 heavy (non-hydrogen) atoms. The van der Waals surface area contributed by atoms with Crippen LogP contribution >= 0.6 is 0 Å². The van der Waals surface area contributed by atoms with E-state index in [1.54, 1.807) is 0 Å². The van der Waals surface area contributed by atoms with E-state index in [9.17, 15) is 0 Å². The van der Waals surface area contributed by atoms with E-state index >= 15 is 0 Å². The van der Waals surface area contributed by atoms with Gasteiger partial charge in [-0.15, -0.1) is 0 Å². The average Bonchev–Trinajstić information content (AvgIpc) is 2.31. The lowest BCUT2D eigenvalue weighted by Crippen LogP contribution is -2.22. The van der Waals surface area contributed by atoms with Crippen LogP contribution in [0.5, 0.6) is 0 Å². The summed E-state index contributed by atoms with van der Waals surface area (Å²) in [6.07, 6.45) is 5.84. The lowest BCUT2D eigenvalue weighted by Gasteiger charge is -2.17. The van der Waals surface area contributed by atoms with E-state index in [-0.39, 0.29) is 19.3 Å². The predicted molar refractivity (Wildman–Crippen MR) is 63.5 cm³/mol. The highest BCUT2D eigenvalue weighted by Crippen LogP contribution is 2.08. The van der Waals surface area contributed by atoms with Crippen LogP contribution in [0.4, 0.5) is 0 Å². The lowest BCUT2D eigenvalue weighted by molar-refractivity contribution is -0.0376. The molecular formula is C12H26O4. The first-order chi connectivity index (χ1) is 7.85.